The second kappa shape index (κ2) is 8.34. The van der Waals surface area contributed by atoms with E-state index in [1.54, 1.807) is 0 Å². The Kier molecular flexibility index (Phi) is 6.97. The molecule has 3 N–H and O–H groups in total. The zero-order valence-electron chi connectivity index (χ0n) is 17.8. The van der Waals surface area contributed by atoms with Crippen LogP contribution in [0.25, 0.3) is 0 Å². The molecule has 5 heteroatoms. The molecule has 3 aliphatic rings. The second-order valence-corrected chi connectivity index (χ2v) is 11.3. The van der Waals surface area contributed by atoms with Crippen LogP contribution in [0.1, 0.15) is 67.2 Å². The van der Waals surface area contributed by atoms with E-state index in [-0.39, 0.29) is 12.1 Å². The number of carbonyl (C=O) groups excluding carboxylic acids is 1. The lowest BCUT2D eigenvalue weighted by atomic mass is 9.63. The van der Waals surface area contributed by atoms with E-state index in [1.807, 2.05) is 20.8 Å². The minimum atomic E-state index is -0.455. The van der Waals surface area contributed by atoms with Crippen molar-refractivity contribution in [1.82, 2.24) is 5.32 Å². The molecule has 2 bridgehead atoms. The fraction of sp³-hybridized carbons (Fsp3) is 0.773. The highest BCUT2D eigenvalue weighted by atomic mass is 127. The molecule has 0 radical (unpaired) electrons. The van der Waals surface area contributed by atoms with Gasteiger partial charge < -0.3 is 15.8 Å². The molecule has 3 unspecified atom stereocenters. The Hall–Kier alpha value is -0.720. The van der Waals surface area contributed by atoms with E-state index < -0.39 is 5.60 Å². The van der Waals surface area contributed by atoms with Crippen molar-refractivity contribution in [1.29, 1.82) is 0 Å². The average Bonchev–Trinajstić information content (AvgIpc) is 2.95. The quantitative estimate of drug-likeness (QED) is 0.272. The van der Waals surface area contributed by atoms with E-state index in [9.17, 15) is 4.79 Å². The van der Waals surface area contributed by atoms with Gasteiger partial charge >= 0.3 is 6.09 Å². The van der Waals surface area contributed by atoms with Gasteiger partial charge in [0.05, 0.1) is 3.70 Å². The predicted octanol–water partition coefficient (Wildman–Crippen LogP) is 5.77. The smallest absolute Gasteiger partial charge is 0.407 e. The van der Waals surface area contributed by atoms with Crippen molar-refractivity contribution in [2.45, 2.75) is 78.9 Å². The second-order valence-electron chi connectivity index (χ2n) is 10.1. The van der Waals surface area contributed by atoms with E-state index in [1.165, 1.54) is 18.4 Å². The van der Waals surface area contributed by atoms with Crippen molar-refractivity contribution in [2.24, 2.45) is 34.8 Å². The molecule has 1 amide bonds. The number of allylic oxidation sites excluding steroid dienone is 2. The maximum Gasteiger partial charge on any atom is 0.407 e. The number of alkyl carbamates (subject to hydrolysis) is 1. The first-order chi connectivity index (χ1) is 12.3. The molecule has 0 spiro atoms. The number of halogens is 1. The fourth-order valence-electron chi connectivity index (χ4n) is 4.90. The topological polar surface area (TPSA) is 64.3 Å². The molecule has 3 aliphatic carbocycles. The largest absolute Gasteiger partial charge is 0.444 e. The monoisotopic (exact) mass is 488 g/mol. The van der Waals surface area contributed by atoms with E-state index >= 15 is 0 Å². The number of fused-ring (bicyclic) bond motifs is 1. The Morgan fingerprint density at radius 1 is 1.33 bits per heavy atom. The first kappa shape index (κ1) is 22.6. The van der Waals surface area contributed by atoms with Gasteiger partial charge in [-0.05, 0) is 98.1 Å². The van der Waals surface area contributed by atoms with Crippen LogP contribution in [0.3, 0.4) is 0 Å². The summed E-state index contributed by atoms with van der Waals surface area (Å²) in [6, 6.07) is 0.241. The van der Waals surface area contributed by atoms with E-state index in [0.29, 0.717) is 29.1 Å². The Labute approximate surface area is 178 Å². The van der Waals surface area contributed by atoms with Crippen LogP contribution in [0.4, 0.5) is 4.79 Å². The number of amides is 1. The van der Waals surface area contributed by atoms with Gasteiger partial charge in [-0.25, -0.2) is 4.79 Å². The predicted molar refractivity (Wildman–Crippen MR) is 120 cm³/mol. The number of nitrogens with two attached hydrogens (primary N) is 1. The maximum atomic E-state index is 12.2. The first-order valence-corrected chi connectivity index (χ1v) is 11.2. The van der Waals surface area contributed by atoms with Crippen molar-refractivity contribution >= 4 is 28.7 Å². The summed E-state index contributed by atoms with van der Waals surface area (Å²) in [7, 11) is 0. The van der Waals surface area contributed by atoms with Crippen molar-refractivity contribution < 1.29 is 9.53 Å². The van der Waals surface area contributed by atoms with E-state index in [4.69, 9.17) is 10.5 Å². The molecule has 3 atom stereocenters. The average molecular weight is 488 g/mol. The maximum absolute atomic E-state index is 12.2. The molecule has 0 aliphatic heterocycles. The van der Waals surface area contributed by atoms with Crippen LogP contribution in [0.5, 0.6) is 0 Å². The Morgan fingerprint density at radius 2 is 1.93 bits per heavy atom. The molecule has 0 heterocycles. The molecule has 0 aromatic heterocycles. The standard InChI is InChI=1S/C22H37IN2O2/c1-13(2)14(3)15(4)16(8-19(23)24)9-22-10-17(11-22)18(12-22)25-20(26)27-21(5,6)7/h8,13,15-18H,3,9-12,24H2,1-2,4-7H3,(H,25,26)/b19-8-. The van der Waals surface area contributed by atoms with Gasteiger partial charge in [-0.2, -0.15) is 0 Å². The van der Waals surface area contributed by atoms with Crippen molar-refractivity contribution in [3.8, 4) is 0 Å². The zero-order valence-corrected chi connectivity index (χ0v) is 19.9. The van der Waals surface area contributed by atoms with Gasteiger partial charge in [0, 0.05) is 6.04 Å². The van der Waals surface area contributed by atoms with Crippen molar-refractivity contribution in [3.63, 3.8) is 0 Å². The lowest BCUT2D eigenvalue weighted by Crippen LogP contribution is -2.40. The summed E-state index contributed by atoms with van der Waals surface area (Å²) in [5, 5.41) is 3.12. The molecule has 27 heavy (non-hydrogen) atoms. The van der Waals surface area contributed by atoms with Crippen LogP contribution >= 0.6 is 22.6 Å². The molecule has 3 saturated carbocycles. The molecule has 3 fully saturated rings. The summed E-state index contributed by atoms with van der Waals surface area (Å²) in [6.45, 7) is 16.7. The number of hydrogen-bond donors (Lipinski definition) is 2. The fourth-order valence-corrected chi connectivity index (χ4v) is 5.36. The highest BCUT2D eigenvalue weighted by Gasteiger charge is 2.57. The number of rotatable bonds is 7. The van der Waals surface area contributed by atoms with Crippen LogP contribution in [0.2, 0.25) is 0 Å². The number of carbonyl (C=O) groups is 1. The van der Waals surface area contributed by atoms with Gasteiger partial charge in [-0.3, -0.25) is 0 Å². The highest BCUT2D eigenvalue weighted by molar-refractivity contribution is 14.1. The number of hydrogen-bond acceptors (Lipinski definition) is 3. The summed E-state index contributed by atoms with van der Waals surface area (Å²) in [6.07, 6.45) is 6.48. The Balaban J connectivity index is 2.01. The molecule has 3 rings (SSSR count). The minimum Gasteiger partial charge on any atom is -0.444 e. The Bertz CT molecular complexity index is 596. The van der Waals surface area contributed by atoms with Crippen LogP contribution in [-0.2, 0) is 4.74 Å². The Morgan fingerprint density at radius 3 is 2.41 bits per heavy atom. The first-order valence-electron chi connectivity index (χ1n) is 10.1. The van der Waals surface area contributed by atoms with Gasteiger partial charge in [-0.1, -0.05) is 39.0 Å². The van der Waals surface area contributed by atoms with Gasteiger partial charge in [0.15, 0.2) is 0 Å². The lowest BCUT2D eigenvalue weighted by Gasteiger charge is -2.42. The van der Waals surface area contributed by atoms with Crippen LogP contribution in [0, 0.1) is 29.1 Å². The summed E-state index contributed by atoms with van der Waals surface area (Å²) in [5.74, 6) is 1.87. The van der Waals surface area contributed by atoms with E-state index in [0.717, 1.165) is 16.5 Å². The van der Waals surface area contributed by atoms with Crippen LogP contribution < -0.4 is 11.1 Å². The molecule has 0 aromatic carbocycles. The molecule has 154 valence electrons. The zero-order chi connectivity index (χ0) is 20.6. The third-order valence-electron chi connectivity index (χ3n) is 6.33. The van der Waals surface area contributed by atoms with Gasteiger partial charge in [0.2, 0.25) is 0 Å². The molecule has 0 saturated heterocycles. The lowest BCUT2D eigenvalue weighted by molar-refractivity contribution is 0.0489. The van der Waals surface area contributed by atoms with Crippen LogP contribution in [0.15, 0.2) is 21.9 Å². The molecular weight excluding hydrogens is 451 g/mol. The van der Waals surface area contributed by atoms with Gasteiger partial charge in [-0.15, -0.1) is 0 Å². The van der Waals surface area contributed by atoms with Crippen LogP contribution in [-0.4, -0.2) is 17.7 Å². The SMILES string of the molecule is C=C(C(C)C)C(C)C(/C=C(\N)I)CC12CC(C1)C(NC(=O)OC(C)(C)C)C2. The summed E-state index contributed by atoms with van der Waals surface area (Å²) in [5.41, 5.74) is 7.20. The highest BCUT2D eigenvalue weighted by Crippen LogP contribution is 2.62. The van der Waals surface area contributed by atoms with Crippen molar-refractivity contribution in [2.75, 3.05) is 0 Å². The molecule has 4 nitrogen and oxygen atoms in total. The summed E-state index contributed by atoms with van der Waals surface area (Å²) >= 11 is 2.20. The third kappa shape index (κ3) is 5.88. The molecule has 0 aromatic rings. The van der Waals surface area contributed by atoms with Crippen molar-refractivity contribution in [3.05, 3.63) is 21.9 Å². The molecular formula is C22H37IN2O2. The van der Waals surface area contributed by atoms with Gasteiger partial charge in [0.1, 0.15) is 5.60 Å². The number of ether oxygens (including phenoxy) is 1. The summed E-state index contributed by atoms with van der Waals surface area (Å²) in [4.78, 5) is 12.2. The minimum absolute atomic E-state index is 0.241. The normalized spacial score (nSPS) is 29.9. The van der Waals surface area contributed by atoms with Gasteiger partial charge in [0.25, 0.3) is 0 Å². The third-order valence-corrected chi connectivity index (χ3v) is 6.68. The number of nitrogens with one attached hydrogen (secondary N) is 1. The van der Waals surface area contributed by atoms with E-state index in [2.05, 4.69) is 61.3 Å². The summed E-state index contributed by atoms with van der Waals surface area (Å²) < 4.78 is 6.30.